The van der Waals surface area contributed by atoms with E-state index in [1.807, 2.05) is 0 Å². The van der Waals surface area contributed by atoms with Crippen LogP contribution in [-0.4, -0.2) is 18.7 Å². The molecular weight excluding hydrogens is 234 g/mol. The van der Waals surface area contributed by atoms with Gasteiger partial charge in [-0.15, -0.1) is 0 Å². The van der Waals surface area contributed by atoms with Crippen LogP contribution in [0.15, 0.2) is 30.3 Å². The van der Waals surface area contributed by atoms with E-state index in [1.54, 1.807) is 0 Å². The van der Waals surface area contributed by atoms with Crippen molar-refractivity contribution in [3.63, 3.8) is 0 Å². The van der Waals surface area contributed by atoms with Crippen LogP contribution in [-0.2, 0) is 4.74 Å². The zero-order valence-corrected chi connectivity index (χ0v) is 12.5. The first kappa shape index (κ1) is 14.5. The monoisotopic (exact) mass is 261 g/mol. The Labute approximate surface area is 117 Å². The minimum Gasteiger partial charge on any atom is -0.372 e. The van der Waals surface area contributed by atoms with Crippen LogP contribution in [0.4, 0.5) is 0 Å². The molecule has 1 aliphatic rings. The maximum atomic E-state index is 6.11. The molecule has 0 bridgehead atoms. The summed E-state index contributed by atoms with van der Waals surface area (Å²) in [5.74, 6) is 0.937. The zero-order valence-electron chi connectivity index (χ0n) is 12.5. The van der Waals surface area contributed by atoms with Crippen molar-refractivity contribution in [3.8, 4) is 0 Å². The Kier molecular flexibility index (Phi) is 5.00. The molecule has 1 saturated carbocycles. The average molecular weight is 261 g/mol. The van der Waals surface area contributed by atoms with Gasteiger partial charge in [-0.3, -0.25) is 0 Å². The Bertz CT molecular complexity index is 365. The van der Waals surface area contributed by atoms with E-state index in [0.717, 1.165) is 19.1 Å². The molecule has 0 aromatic heterocycles. The lowest BCUT2D eigenvalue weighted by atomic mass is 10.1. The van der Waals surface area contributed by atoms with Gasteiger partial charge in [0.1, 0.15) is 0 Å². The number of hydrogen-bond acceptors (Lipinski definition) is 2. The zero-order chi connectivity index (χ0) is 13.7. The number of rotatable bonds is 7. The lowest BCUT2D eigenvalue weighted by Crippen LogP contribution is -2.39. The van der Waals surface area contributed by atoms with Crippen molar-refractivity contribution in [1.29, 1.82) is 0 Å². The van der Waals surface area contributed by atoms with Gasteiger partial charge in [-0.2, -0.15) is 0 Å². The Hall–Kier alpha value is -0.860. The second-order valence-electron chi connectivity index (χ2n) is 6.63. The van der Waals surface area contributed by atoms with Crippen LogP contribution in [0.2, 0.25) is 0 Å². The van der Waals surface area contributed by atoms with Crippen LogP contribution >= 0.6 is 0 Å². The molecule has 1 aromatic rings. The lowest BCUT2D eigenvalue weighted by molar-refractivity contribution is 0.0444. The fraction of sp³-hybridized carbons (Fsp3) is 0.647. The minimum absolute atomic E-state index is 0.132. The van der Waals surface area contributed by atoms with Crippen LogP contribution in [0, 0.1) is 5.92 Å². The Morgan fingerprint density at radius 3 is 2.47 bits per heavy atom. The van der Waals surface area contributed by atoms with Gasteiger partial charge in [0.2, 0.25) is 0 Å². The van der Waals surface area contributed by atoms with Crippen molar-refractivity contribution in [2.75, 3.05) is 13.2 Å². The van der Waals surface area contributed by atoms with E-state index in [1.165, 1.54) is 24.8 Å². The first-order chi connectivity index (χ1) is 9.04. The van der Waals surface area contributed by atoms with E-state index >= 15 is 0 Å². The van der Waals surface area contributed by atoms with Crippen molar-refractivity contribution >= 4 is 0 Å². The number of benzene rings is 1. The SMILES string of the molecule is CC(C)(C)NCC(OCCC1CC1)c1ccccc1. The summed E-state index contributed by atoms with van der Waals surface area (Å²) in [5.41, 5.74) is 1.41. The first-order valence-electron chi connectivity index (χ1n) is 7.46. The fourth-order valence-electron chi connectivity index (χ4n) is 2.12. The molecule has 2 heteroatoms. The van der Waals surface area contributed by atoms with Gasteiger partial charge < -0.3 is 10.1 Å². The van der Waals surface area contributed by atoms with Crippen molar-refractivity contribution < 1.29 is 4.74 Å². The third kappa shape index (κ3) is 5.75. The molecule has 19 heavy (non-hydrogen) atoms. The second kappa shape index (κ2) is 6.53. The quantitative estimate of drug-likeness (QED) is 0.803. The highest BCUT2D eigenvalue weighted by Crippen LogP contribution is 2.32. The highest BCUT2D eigenvalue weighted by Gasteiger charge is 2.22. The Morgan fingerprint density at radius 1 is 1.21 bits per heavy atom. The molecule has 1 fully saturated rings. The molecule has 2 rings (SSSR count). The molecule has 1 aliphatic carbocycles. The summed E-state index contributed by atoms with van der Waals surface area (Å²) in [6, 6.07) is 10.5. The number of hydrogen-bond donors (Lipinski definition) is 1. The van der Waals surface area contributed by atoms with Gasteiger partial charge in [-0.1, -0.05) is 43.2 Å². The van der Waals surface area contributed by atoms with Gasteiger partial charge in [0.25, 0.3) is 0 Å². The van der Waals surface area contributed by atoms with Crippen LogP contribution in [0.5, 0.6) is 0 Å². The van der Waals surface area contributed by atoms with Crippen LogP contribution in [0.1, 0.15) is 51.7 Å². The topological polar surface area (TPSA) is 21.3 Å². The molecule has 0 saturated heterocycles. The summed E-state index contributed by atoms with van der Waals surface area (Å²) in [6.45, 7) is 8.34. The summed E-state index contributed by atoms with van der Waals surface area (Å²) in [6.07, 6.45) is 4.19. The lowest BCUT2D eigenvalue weighted by Gasteiger charge is -2.26. The van der Waals surface area contributed by atoms with Gasteiger partial charge in [-0.25, -0.2) is 0 Å². The van der Waals surface area contributed by atoms with Crippen molar-refractivity contribution in [2.24, 2.45) is 5.92 Å². The van der Waals surface area contributed by atoms with Crippen molar-refractivity contribution in [2.45, 2.75) is 51.7 Å². The first-order valence-corrected chi connectivity index (χ1v) is 7.46. The molecule has 0 heterocycles. The molecule has 106 valence electrons. The van der Waals surface area contributed by atoms with Crippen molar-refractivity contribution in [3.05, 3.63) is 35.9 Å². The van der Waals surface area contributed by atoms with E-state index in [4.69, 9.17) is 4.74 Å². The van der Waals surface area contributed by atoms with Gasteiger partial charge in [0.05, 0.1) is 6.10 Å². The summed E-state index contributed by atoms with van der Waals surface area (Å²) >= 11 is 0. The molecule has 2 nitrogen and oxygen atoms in total. The van der Waals surface area contributed by atoms with Crippen molar-refractivity contribution in [1.82, 2.24) is 5.32 Å². The molecule has 1 atom stereocenters. The third-order valence-electron chi connectivity index (χ3n) is 3.53. The van der Waals surface area contributed by atoms with Gasteiger partial charge in [-0.05, 0) is 38.7 Å². The van der Waals surface area contributed by atoms with Gasteiger partial charge >= 0.3 is 0 Å². The molecular formula is C17H27NO. The molecule has 0 aliphatic heterocycles. The van der Waals surface area contributed by atoms with E-state index in [2.05, 4.69) is 56.4 Å². The molecule has 1 N–H and O–H groups in total. The summed E-state index contributed by atoms with van der Waals surface area (Å²) in [4.78, 5) is 0. The van der Waals surface area contributed by atoms with Crippen LogP contribution in [0.25, 0.3) is 0 Å². The molecule has 0 spiro atoms. The average Bonchev–Trinajstić information content (AvgIpc) is 3.17. The van der Waals surface area contributed by atoms with Crippen LogP contribution < -0.4 is 5.32 Å². The Morgan fingerprint density at radius 2 is 1.89 bits per heavy atom. The predicted octanol–water partition coefficient (Wildman–Crippen LogP) is 3.93. The highest BCUT2D eigenvalue weighted by atomic mass is 16.5. The standard InChI is InChI=1S/C17H27NO/c1-17(2,3)18-13-16(15-7-5-4-6-8-15)19-12-11-14-9-10-14/h4-8,14,16,18H,9-13H2,1-3H3. The number of nitrogens with one attached hydrogen (secondary N) is 1. The maximum absolute atomic E-state index is 6.11. The second-order valence-corrected chi connectivity index (χ2v) is 6.63. The summed E-state index contributed by atoms with van der Waals surface area (Å²) in [7, 11) is 0. The van der Waals surface area contributed by atoms with Crippen LogP contribution in [0.3, 0.4) is 0 Å². The predicted molar refractivity (Wildman–Crippen MR) is 80.2 cm³/mol. The number of ether oxygens (including phenoxy) is 1. The summed E-state index contributed by atoms with van der Waals surface area (Å²) in [5, 5.41) is 3.55. The normalized spacial score (nSPS) is 17.4. The molecule has 1 unspecified atom stereocenters. The van der Waals surface area contributed by atoms with Gasteiger partial charge in [0, 0.05) is 18.7 Å². The molecule has 1 aromatic carbocycles. The minimum atomic E-state index is 0.132. The maximum Gasteiger partial charge on any atom is 0.0949 e. The molecule has 0 amide bonds. The van der Waals surface area contributed by atoms with E-state index in [9.17, 15) is 0 Å². The Balaban J connectivity index is 1.87. The smallest absolute Gasteiger partial charge is 0.0949 e. The van der Waals surface area contributed by atoms with E-state index in [0.29, 0.717) is 0 Å². The van der Waals surface area contributed by atoms with E-state index in [-0.39, 0.29) is 11.6 Å². The fourth-order valence-corrected chi connectivity index (χ4v) is 2.12. The highest BCUT2D eigenvalue weighted by molar-refractivity contribution is 5.18. The third-order valence-corrected chi connectivity index (χ3v) is 3.53. The van der Waals surface area contributed by atoms with E-state index < -0.39 is 0 Å². The largest absolute Gasteiger partial charge is 0.372 e. The summed E-state index contributed by atoms with van der Waals surface area (Å²) < 4.78 is 6.11. The van der Waals surface area contributed by atoms with Gasteiger partial charge in [0.15, 0.2) is 0 Å². The molecule has 0 radical (unpaired) electrons.